The topological polar surface area (TPSA) is 86.8 Å². The standard InChI is InChI=1S/C32H40FN3O4S/c1-8-28(31(38)34-32(5,6)7)35(20-25-14-16-26(33)17-15-25)30(37)21-36(29-11-9-10-23(3)24(29)4)41(39,40)27-18-12-22(2)13-19-27/h9-19,28H,8,20-21H2,1-7H3,(H,34,38)/t28-/m0/s1. The zero-order chi connectivity index (χ0) is 30.5. The first-order valence-electron chi connectivity index (χ1n) is 13.7. The first-order valence-corrected chi connectivity index (χ1v) is 15.1. The second-order valence-corrected chi connectivity index (χ2v) is 13.2. The molecule has 41 heavy (non-hydrogen) atoms. The SMILES string of the molecule is CC[C@@H](C(=O)NC(C)(C)C)N(Cc1ccc(F)cc1)C(=O)CN(c1cccc(C)c1C)S(=O)(=O)c1ccc(C)cc1. The monoisotopic (exact) mass is 581 g/mol. The van der Waals surface area contributed by atoms with Gasteiger partial charge in [0, 0.05) is 12.1 Å². The van der Waals surface area contributed by atoms with E-state index in [-0.39, 0.29) is 17.3 Å². The Morgan fingerprint density at radius 3 is 2.10 bits per heavy atom. The number of aryl methyl sites for hydroxylation is 2. The zero-order valence-corrected chi connectivity index (χ0v) is 25.7. The van der Waals surface area contributed by atoms with Crippen molar-refractivity contribution in [3.8, 4) is 0 Å². The molecule has 0 radical (unpaired) electrons. The van der Waals surface area contributed by atoms with Crippen LogP contribution in [0.25, 0.3) is 0 Å². The molecule has 0 bridgehead atoms. The van der Waals surface area contributed by atoms with Crippen molar-refractivity contribution >= 4 is 27.5 Å². The summed E-state index contributed by atoms with van der Waals surface area (Å²) >= 11 is 0. The van der Waals surface area contributed by atoms with E-state index >= 15 is 0 Å². The molecule has 1 atom stereocenters. The van der Waals surface area contributed by atoms with Gasteiger partial charge in [-0.15, -0.1) is 0 Å². The molecule has 0 aliphatic carbocycles. The molecule has 2 amide bonds. The number of amides is 2. The Balaban J connectivity index is 2.11. The summed E-state index contributed by atoms with van der Waals surface area (Å²) < 4.78 is 42.9. The van der Waals surface area contributed by atoms with Crippen LogP contribution in [0.4, 0.5) is 10.1 Å². The van der Waals surface area contributed by atoms with E-state index in [1.807, 2.05) is 47.6 Å². The average molecular weight is 582 g/mol. The van der Waals surface area contributed by atoms with Crippen LogP contribution >= 0.6 is 0 Å². The van der Waals surface area contributed by atoms with E-state index in [0.717, 1.165) is 21.0 Å². The lowest BCUT2D eigenvalue weighted by molar-refractivity contribution is -0.141. The molecule has 0 saturated heterocycles. The predicted octanol–water partition coefficient (Wildman–Crippen LogP) is 5.67. The summed E-state index contributed by atoms with van der Waals surface area (Å²) in [7, 11) is -4.16. The van der Waals surface area contributed by atoms with Gasteiger partial charge in [-0.3, -0.25) is 13.9 Å². The maximum atomic E-state index is 14.2. The van der Waals surface area contributed by atoms with Gasteiger partial charge in [-0.1, -0.05) is 48.9 Å². The van der Waals surface area contributed by atoms with Crippen molar-refractivity contribution in [3.05, 3.63) is 94.8 Å². The Morgan fingerprint density at radius 1 is 0.927 bits per heavy atom. The maximum absolute atomic E-state index is 14.2. The molecule has 0 aliphatic heterocycles. The first kappa shape index (κ1) is 31.8. The third-order valence-corrected chi connectivity index (χ3v) is 8.66. The van der Waals surface area contributed by atoms with Gasteiger partial charge in [-0.05, 0) is 95.0 Å². The fourth-order valence-electron chi connectivity index (χ4n) is 4.52. The summed E-state index contributed by atoms with van der Waals surface area (Å²) in [6.45, 7) is 12.4. The van der Waals surface area contributed by atoms with Gasteiger partial charge in [-0.25, -0.2) is 12.8 Å². The van der Waals surface area contributed by atoms with Crippen molar-refractivity contribution in [2.75, 3.05) is 10.8 Å². The van der Waals surface area contributed by atoms with Crippen LogP contribution in [0.15, 0.2) is 71.6 Å². The van der Waals surface area contributed by atoms with Crippen molar-refractivity contribution in [1.82, 2.24) is 10.2 Å². The molecule has 0 heterocycles. The molecule has 3 aromatic rings. The van der Waals surface area contributed by atoms with Gasteiger partial charge < -0.3 is 10.2 Å². The Morgan fingerprint density at radius 2 is 1.54 bits per heavy atom. The summed E-state index contributed by atoms with van der Waals surface area (Å²) in [4.78, 5) is 29.0. The molecule has 220 valence electrons. The molecule has 1 N–H and O–H groups in total. The Kier molecular flexibility index (Phi) is 9.97. The third kappa shape index (κ3) is 7.94. The summed E-state index contributed by atoms with van der Waals surface area (Å²) in [6.07, 6.45) is 0.295. The highest BCUT2D eigenvalue weighted by molar-refractivity contribution is 7.92. The molecular formula is C32H40FN3O4S. The van der Waals surface area contributed by atoms with E-state index in [1.165, 1.54) is 29.2 Å². The highest BCUT2D eigenvalue weighted by Gasteiger charge is 2.35. The molecule has 9 heteroatoms. The van der Waals surface area contributed by atoms with Gasteiger partial charge in [0.1, 0.15) is 18.4 Å². The quantitative estimate of drug-likeness (QED) is 0.334. The fraction of sp³-hybridized carbons (Fsp3) is 0.375. The summed E-state index contributed by atoms with van der Waals surface area (Å²) in [6, 6.07) is 16.6. The van der Waals surface area contributed by atoms with Crippen LogP contribution in [0.5, 0.6) is 0 Å². The number of hydrogen-bond acceptors (Lipinski definition) is 4. The van der Waals surface area contributed by atoms with Gasteiger partial charge in [0.25, 0.3) is 10.0 Å². The van der Waals surface area contributed by atoms with Crippen molar-refractivity contribution in [3.63, 3.8) is 0 Å². The van der Waals surface area contributed by atoms with Gasteiger partial charge in [0.2, 0.25) is 11.8 Å². The number of carbonyl (C=O) groups is 2. The van der Waals surface area contributed by atoms with E-state index in [0.29, 0.717) is 17.7 Å². The third-order valence-electron chi connectivity index (χ3n) is 6.88. The van der Waals surface area contributed by atoms with Gasteiger partial charge in [0.15, 0.2) is 0 Å². The Bertz CT molecular complexity index is 1480. The molecule has 3 aromatic carbocycles. The van der Waals surface area contributed by atoms with Crippen LogP contribution in [-0.2, 0) is 26.2 Å². The van der Waals surface area contributed by atoms with Crippen molar-refractivity contribution in [1.29, 1.82) is 0 Å². The number of rotatable bonds is 10. The van der Waals surface area contributed by atoms with E-state index in [4.69, 9.17) is 0 Å². The zero-order valence-electron chi connectivity index (χ0n) is 24.9. The first-order chi connectivity index (χ1) is 19.1. The molecule has 0 aliphatic rings. The number of anilines is 1. The van der Waals surface area contributed by atoms with Gasteiger partial charge >= 0.3 is 0 Å². The minimum Gasteiger partial charge on any atom is -0.350 e. The van der Waals surface area contributed by atoms with Crippen molar-refractivity contribution < 1.29 is 22.4 Å². The molecular weight excluding hydrogens is 541 g/mol. The van der Waals surface area contributed by atoms with Gasteiger partial charge in [0.05, 0.1) is 10.6 Å². The molecule has 7 nitrogen and oxygen atoms in total. The minimum absolute atomic E-state index is 0.000399. The van der Waals surface area contributed by atoms with E-state index in [2.05, 4.69) is 5.32 Å². The van der Waals surface area contributed by atoms with Crippen molar-refractivity contribution in [2.24, 2.45) is 0 Å². The highest BCUT2D eigenvalue weighted by atomic mass is 32.2. The number of nitrogens with one attached hydrogen (secondary N) is 1. The predicted molar refractivity (Wildman–Crippen MR) is 161 cm³/mol. The van der Waals surface area contributed by atoms with Crippen LogP contribution in [0.2, 0.25) is 0 Å². The smallest absolute Gasteiger partial charge is 0.264 e. The lowest BCUT2D eigenvalue weighted by Gasteiger charge is -2.35. The molecule has 0 fully saturated rings. The van der Waals surface area contributed by atoms with Gasteiger partial charge in [-0.2, -0.15) is 0 Å². The second-order valence-electron chi connectivity index (χ2n) is 11.4. The highest BCUT2D eigenvalue weighted by Crippen LogP contribution is 2.29. The average Bonchev–Trinajstić information content (AvgIpc) is 2.89. The fourth-order valence-corrected chi connectivity index (χ4v) is 5.99. The van der Waals surface area contributed by atoms with E-state index in [1.54, 1.807) is 43.3 Å². The lowest BCUT2D eigenvalue weighted by atomic mass is 10.1. The number of benzene rings is 3. The normalized spacial score (nSPS) is 12.5. The largest absolute Gasteiger partial charge is 0.350 e. The molecule has 0 saturated carbocycles. The van der Waals surface area contributed by atoms with Crippen LogP contribution in [0.3, 0.4) is 0 Å². The maximum Gasteiger partial charge on any atom is 0.264 e. The molecule has 0 aromatic heterocycles. The number of sulfonamides is 1. The second kappa shape index (κ2) is 12.9. The van der Waals surface area contributed by atoms with E-state index in [9.17, 15) is 22.4 Å². The van der Waals surface area contributed by atoms with Crippen LogP contribution in [0, 0.1) is 26.6 Å². The Hall–Kier alpha value is -3.72. The summed E-state index contributed by atoms with van der Waals surface area (Å²) in [5.74, 6) is -1.33. The molecule has 0 unspecified atom stereocenters. The van der Waals surface area contributed by atoms with Crippen LogP contribution < -0.4 is 9.62 Å². The van der Waals surface area contributed by atoms with Crippen molar-refractivity contribution in [2.45, 2.75) is 77.9 Å². The van der Waals surface area contributed by atoms with Crippen LogP contribution in [0.1, 0.15) is 56.4 Å². The number of nitrogens with zero attached hydrogens (tertiary/aromatic N) is 2. The molecule has 3 rings (SSSR count). The number of halogens is 1. The van der Waals surface area contributed by atoms with E-state index < -0.39 is 39.9 Å². The van der Waals surface area contributed by atoms with Crippen LogP contribution in [-0.4, -0.2) is 43.3 Å². The molecule has 0 spiro atoms. The number of carbonyl (C=O) groups excluding carboxylic acids is 2. The summed E-state index contributed by atoms with van der Waals surface area (Å²) in [5, 5.41) is 2.94. The lowest BCUT2D eigenvalue weighted by Crippen LogP contribution is -2.55. The minimum atomic E-state index is -4.16. The number of hydrogen-bond donors (Lipinski definition) is 1. The summed E-state index contributed by atoms with van der Waals surface area (Å²) in [5.41, 5.74) is 2.94. The Labute approximate surface area is 243 Å².